The van der Waals surface area contributed by atoms with Gasteiger partial charge in [-0.2, -0.15) is 0 Å². The highest BCUT2D eigenvalue weighted by Gasteiger charge is 2.35. The maximum absolute atomic E-state index is 14.2. The second-order valence-corrected chi connectivity index (χ2v) is 12.4. The molecule has 0 bridgehead atoms. The van der Waals surface area contributed by atoms with Crippen LogP contribution in [0.3, 0.4) is 0 Å². The van der Waals surface area contributed by atoms with Crippen molar-refractivity contribution in [3.63, 3.8) is 0 Å². The monoisotopic (exact) mass is 694 g/mol. The molecule has 0 saturated heterocycles. The molecule has 0 spiro atoms. The van der Waals surface area contributed by atoms with Crippen LogP contribution in [0.2, 0.25) is 0 Å². The standard InChI is InChI=1S/C35H26N4O8S2/c1-3-46-34(41)30-31(22-9-5-4-6-10-22)36-35-37(32(30)23-12-15-26(48-2)16-13-23)33(40)29(49-35)19-21-8-7-11-25(18-21)47-28-17-14-24(38(42)43)20-27(28)39(44)45/h4-20,32H,3H2,1-2H3/b29-19+/t32-/m1/s1. The molecule has 2 heterocycles. The number of nitrogens with zero attached hydrogens (tertiary/aromatic N) is 4. The number of carbonyl (C=O) groups excluding carboxylic acids is 1. The summed E-state index contributed by atoms with van der Waals surface area (Å²) in [5.41, 5.74) is 1.20. The highest BCUT2D eigenvalue weighted by molar-refractivity contribution is 7.98. The third kappa shape index (κ3) is 6.77. The van der Waals surface area contributed by atoms with Crippen LogP contribution in [0.4, 0.5) is 11.4 Å². The predicted molar refractivity (Wildman–Crippen MR) is 186 cm³/mol. The Balaban J connectivity index is 1.49. The quantitative estimate of drug-likeness (QED) is 0.0712. The topological polar surface area (TPSA) is 156 Å². The molecule has 1 atom stereocenters. The number of ether oxygens (including phenoxy) is 2. The molecule has 6 rings (SSSR count). The fourth-order valence-corrected chi connectivity index (χ4v) is 6.75. The van der Waals surface area contributed by atoms with Crippen molar-refractivity contribution < 1.29 is 24.1 Å². The predicted octanol–water partition coefficient (Wildman–Crippen LogP) is 6.27. The molecular weight excluding hydrogens is 669 g/mol. The van der Waals surface area contributed by atoms with E-state index < -0.39 is 33.2 Å². The zero-order chi connectivity index (χ0) is 34.7. The lowest BCUT2D eigenvalue weighted by atomic mass is 9.93. The molecular formula is C35H26N4O8S2. The van der Waals surface area contributed by atoms with Crippen LogP contribution in [0, 0.1) is 20.2 Å². The van der Waals surface area contributed by atoms with Gasteiger partial charge < -0.3 is 9.47 Å². The maximum atomic E-state index is 14.2. The summed E-state index contributed by atoms with van der Waals surface area (Å²) in [6, 6.07) is 25.7. The number of aromatic nitrogens is 1. The van der Waals surface area contributed by atoms with Gasteiger partial charge >= 0.3 is 11.7 Å². The van der Waals surface area contributed by atoms with Gasteiger partial charge in [0.1, 0.15) is 5.75 Å². The lowest BCUT2D eigenvalue weighted by Crippen LogP contribution is -2.40. The molecule has 14 heteroatoms. The fraction of sp³-hybridized carbons (Fsp3) is 0.114. The summed E-state index contributed by atoms with van der Waals surface area (Å²) in [5.74, 6) is -0.552. The van der Waals surface area contributed by atoms with Gasteiger partial charge in [0.2, 0.25) is 5.75 Å². The van der Waals surface area contributed by atoms with Crippen molar-refractivity contribution in [2.24, 2.45) is 4.99 Å². The summed E-state index contributed by atoms with van der Waals surface area (Å²) in [6.07, 6.45) is 3.60. The normalized spacial score (nSPS) is 14.2. The minimum atomic E-state index is -0.832. The van der Waals surface area contributed by atoms with Crippen molar-refractivity contribution in [2.45, 2.75) is 17.9 Å². The smallest absolute Gasteiger partial charge is 0.338 e. The van der Waals surface area contributed by atoms with Gasteiger partial charge in [-0.05, 0) is 60.7 Å². The van der Waals surface area contributed by atoms with E-state index in [1.54, 1.807) is 49.0 Å². The highest BCUT2D eigenvalue weighted by Crippen LogP contribution is 2.37. The number of thioether (sulfide) groups is 1. The van der Waals surface area contributed by atoms with E-state index in [0.29, 0.717) is 31.7 Å². The molecule has 0 radical (unpaired) electrons. The number of fused-ring (bicyclic) bond motifs is 1. The largest absolute Gasteiger partial charge is 0.463 e. The van der Waals surface area contributed by atoms with E-state index in [2.05, 4.69) is 0 Å². The van der Waals surface area contributed by atoms with E-state index in [1.165, 1.54) is 4.57 Å². The van der Waals surface area contributed by atoms with Gasteiger partial charge in [-0.25, -0.2) is 9.79 Å². The first-order chi connectivity index (χ1) is 23.7. The van der Waals surface area contributed by atoms with E-state index in [1.807, 2.05) is 60.9 Å². The SMILES string of the molecule is CCOC(=O)C1=C(c2ccccc2)N=c2s/c(=C/c3cccc(Oc4ccc([N+](=O)[O-])cc4[N+](=O)[O-])c3)c(=O)n2[C@@H]1c1ccc(SC)cc1. The Morgan fingerprint density at radius 2 is 1.73 bits per heavy atom. The zero-order valence-corrected chi connectivity index (χ0v) is 27.6. The van der Waals surface area contributed by atoms with Crippen molar-refractivity contribution >= 4 is 52.2 Å². The number of hydrogen-bond donors (Lipinski definition) is 0. The number of benzene rings is 4. The molecule has 0 unspecified atom stereocenters. The average Bonchev–Trinajstić information content (AvgIpc) is 3.42. The van der Waals surface area contributed by atoms with Gasteiger partial charge in [0.05, 0.1) is 44.4 Å². The van der Waals surface area contributed by atoms with E-state index in [4.69, 9.17) is 14.5 Å². The Morgan fingerprint density at radius 3 is 2.41 bits per heavy atom. The molecule has 1 aliphatic rings. The Bertz CT molecular complexity index is 2320. The van der Waals surface area contributed by atoms with Crippen LogP contribution in [0.1, 0.15) is 29.7 Å². The Kier molecular flexibility index (Phi) is 9.51. The van der Waals surface area contributed by atoms with Crippen LogP contribution in [0.15, 0.2) is 117 Å². The fourth-order valence-electron chi connectivity index (χ4n) is 5.34. The average molecular weight is 695 g/mol. The van der Waals surface area contributed by atoms with Crippen LogP contribution in [0.25, 0.3) is 11.8 Å². The summed E-state index contributed by atoms with van der Waals surface area (Å²) < 4.78 is 13.1. The van der Waals surface area contributed by atoms with Gasteiger partial charge in [-0.3, -0.25) is 29.6 Å². The minimum absolute atomic E-state index is 0.133. The van der Waals surface area contributed by atoms with Gasteiger partial charge in [0.25, 0.3) is 11.2 Å². The lowest BCUT2D eigenvalue weighted by Gasteiger charge is -2.26. The number of rotatable bonds is 10. The molecule has 0 fully saturated rings. The molecule has 5 aromatic rings. The molecule has 1 aliphatic heterocycles. The van der Waals surface area contributed by atoms with Crippen LogP contribution in [0.5, 0.6) is 11.5 Å². The number of hydrogen-bond acceptors (Lipinski definition) is 11. The molecule has 12 nitrogen and oxygen atoms in total. The van der Waals surface area contributed by atoms with Gasteiger partial charge in [-0.1, -0.05) is 65.9 Å². The van der Waals surface area contributed by atoms with E-state index in [9.17, 15) is 29.8 Å². The highest BCUT2D eigenvalue weighted by atomic mass is 32.2. The lowest BCUT2D eigenvalue weighted by molar-refractivity contribution is -0.394. The molecule has 0 N–H and O–H groups in total. The third-order valence-electron chi connectivity index (χ3n) is 7.54. The number of carbonyl (C=O) groups is 1. The molecule has 0 saturated carbocycles. The summed E-state index contributed by atoms with van der Waals surface area (Å²) in [5, 5.41) is 22.8. The number of esters is 1. The third-order valence-corrected chi connectivity index (χ3v) is 9.27. The summed E-state index contributed by atoms with van der Waals surface area (Å²) >= 11 is 2.72. The van der Waals surface area contributed by atoms with Crippen LogP contribution >= 0.6 is 23.1 Å². The Hall–Kier alpha value is -5.86. The molecule has 1 aromatic heterocycles. The Labute approximate surface area is 286 Å². The van der Waals surface area contributed by atoms with Crippen molar-refractivity contribution in [3.8, 4) is 11.5 Å². The van der Waals surface area contributed by atoms with Gasteiger partial charge in [0.15, 0.2) is 4.80 Å². The summed E-state index contributed by atoms with van der Waals surface area (Å²) in [6.45, 7) is 1.85. The van der Waals surface area contributed by atoms with Crippen molar-refractivity contribution in [3.05, 3.63) is 159 Å². The van der Waals surface area contributed by atoms with Gasteiger partial charge in [0, 0.05) is 16.5 Å². The number of nitro benzene ring substituents is 2. The number of nitro groups is 2. The van der Waals surface area contributed by atoms with Crippen molar-refractivity contribution in [2.75, 3.05) is 12.9 Å². The molecule has 0 amide bonds. The van der Waals surface area contributed by atoms with Crippen molar-refractivity contribution in [1.29, 1.82) is 0 Å². The van der Waals surface area contributed by atoms with Gasteiger partial charge in [-0.15, -0.1) is 11.8 Å². The molecule has 4 aromatic carbocycles. The molecule has 49 heavy (non-hydrogen) atoms. The van der Waals surface area contributed by atoms with Crippen molar-refractivity contribution in [1.82, 2.24) is 4.57 Å². The number of non-ortho nitro benzene ring substituents is 1. The maximum Gasteiger partial charge on any atom is 0.338 e. The zero-order valence-electron chi connectivity index (χ0n) is 26.0. The van der Waals surface area contributed by atoms with Crippen LogP contribution in [-0.2, 0) is 9.53 Å². The van der Waals surface area contributed by atoms with E-state index in [0.717, 1.165) is 34.4 Å². The second-order valence-electron chi connectivity index (χ2n) is 10.5. The first kappa shape index (κ1) is 33.1. The summed E-state index contributed by atoms with van der Waals surface area (Å²) in [7, 11) is 0. The summed E-state index contributed by atoms with van der Waals surface area (Å²) in [4.78, 5) is 55.4. The minimum Gasteiger partial charge on any atom is -0.463 e. The Morgan fingerprint density at radius 1 is 0.980 bits per heavy atom. The van der Waals surface area contributed by atoms with E-state index in [-0.39, 0.29) is 29.2 Å². The molecule has 246 valence electrons. The van der Waals surface area contributed by atoms with E-state index >= 15 is 0 Å². The number of thiazole rings is 1. The first-order valence-electron chi connectivity index (χ1n) is 14.8. The molecule has 0 aliphatic carbocycles. The van der Waals surface area contributed by atoms with Crippen LogP contribution < -0.4 is 19.6 Å². The first-order valence-corrected chi connectivity index (χ1v) is 16.9. The van der Waals surface area contributed by atoms with Crippen LogP contribution in [-0.4, -0.2) is 33.2 Å². The second kappa shape index (κ2) is 14.1.